The Morgan fingerprint density at radius 3 is 2.33 bits per heavy atom. The van der Waals surface area contributed by atoms with Gasteiger partial charge in [0.2, 0.25) is 0 Å². The highest BCUT2D eigenvalue weighted by molar-refractivity contribution is 6.76. The first kappa shape index (κ1) is 27.5. The maximum Gasteiger partial charge on any atom is 0.410 e. The number of anilines is 1. The molecule has 3 rings (SSSR count). The van der Waals surface area contributed by atoms with Gasteiger partial charge in [0.15, 0.2) is 0 Å². The number of nitrogens with zero attached hydrogens (tertiary/aromatic N) is 2. The molecule has 0 aliphatic carbocycles. The van der Waals surface area contributed by atoms with Crippen molar-refractivity contribution in [2.45, 2.75) is 50.2 Å². The van der Waals surface area contributed by atoms with E-state index < -0.39 is 31.3 Å². The minimum Gasteiger partial charge on any atom is -0.480 e. The van der Waals surface area contributed by atoms with Crippen LogP contribution in [0.1, 0.15) is 24.5 Å². The van der Waals surface area contributed by atoms with Crippen molar-refractivity contribution in [1.29, 1.82) is 0 Å². The van der Waals surface area contributed by atoms with E-state index in [1.807, 2.05) is 49.3 Å². The van der Waals surface area contributed by atoms with Crippen molar-refractivity contribution in [3.63, 3.8) is 0 Å². The quantitative estimate of drug-likeness (QED) is 0.470. The second kappa shape index (κ2) is 10.1. The molecule has 0 aromatic heterocycles. The molecule has 8 heteroatoms. The molecule has 0 bridgehead atoms. The van der Waals surface area contributed by atoms with E-state index in [9.17, 15) is 19.8 Å². The standard InChI is InChI=1S/C28H38N2O5Si/c1-8-20-17-23(29(3)4)13-14-24(20)21-9-11-22(12-10-21)28(34)18-27(2,25(31)32)30(19-28)26(33)35-15-16-36(5,6)7/h8-14,17,34H,1,15-16,18-19H2,2-7H3,(H,31,32)/t27-,28-/m0/s1. The van der Waals surface area contributed by atoms with Crippen molar-refractivity contribution < 1.29 is 24.5 Å². The van der Waals surface area contributed by atoms with E-state index in [4.69, 9.17) is 4.74 Å². The third kappa shape index (κ3) is 5.65. The summed E-state index contributed by atoms with van der Waals surface area (Å²) in [6, 6.07) is 14.3. The topological polar surface area (TPSA) is 90.3 Å². The van der Waals surface area contributed by atoms with Crippen molar-refractivity contribution in [2.24, 2.45) is 0 Å². The van der Waals surface area contributed by atoms with Crippen molar-refractivity contribution in [1.82, 2.24) is 4.90 Å². The molecule has 1 aliphatic rings. The monoisotopic (exact) mass is 510 g/mol. The molecule has 7 nitrogen and oxygen atoms in total. The number of carboxylic acids is 1. The summed E-state index contributed by atoms with van der Waals surface area (Å²) >= 11 is 0. The van der Waals surface area contributed by atoms with Crippen molar-refractivity contribution in [3.05, 3.63) is 60.2 Å². The molecule has 1 saturated heterocycles. The number of rotatable bonds is 8. The molecule has 1 fully saturated rings. The minimum atomic E-state index is -1.58. The average molecular weight is 511 g/mol. The van der Waals surface area contributed by atoms with E-state index in [0.717, 1.165) is 33.3 Å². The SMILES string of the molecule is C=Cc1cc(N(C)C)ccc1-c1ccc([C@@]2(O)CN(C(=O)OCC[Si](C)(C)C)[C@](C)(C(=O)O)C2)cc1. The fraction of sp³-hybridized carbons (Fsp3) is 0.429. The molecule has 194 valence electrons. The lowest BCUT2D eigenvalue weighted by atomic mass is 9.85. The Kier molecular flexibility index (Phi) is 7.71. The van der Waals surface area contributed by atoms with Gasteiger partial charge in [-0.3, -0.25) is 4.90 Å². The molecule has 0 spiro atoms. The van der Waals surface area contributed by atoms with Gasteiger partial charge < -0.3 is 19.8 Å². The molecule has 1 heterocycles. The summed E-state index contributed by atoms with van der Waals surface area (Å²) in [4.78, 5) is 28.3. The Bertz CT molecular complexity index is 1140. The maximum atomic E-state index is 12.9. The van der Waals surface area contributed by atoms with Gasteiger partial charge in [-0.15, -0.1) is 0 Å². The first-order valence-electron chi connectivity index (χ1n) is 12.2. The molecule has 36 heavy (non-hydrogen) atoms. The zero-order valence-electron chi connectivity index (χ0n) is 22.2. The second-order valence-corrected chi connectivity index (χ2v) is 16.9. The van der Waals surface area contributed by atoms with Gasteiger partial charge in [-0.1, -0.05) is 62.6 Å². The lowest BCUT2D eigenvalue weighted by Gasteiger charge is -2.30. The lowest BCUT2D eigenvalue weighted by Crippen LogP contribution is -2.51. The normalized spacial score (nSPS) is 21.8. The average Bonchev–Trinajstić information content (AvgIpc) is 3.11. The summed E-state index contributed by atoms with van der Waals surface area (Å²) in [6.07, 6.45) is 0.972. The van der Waals surface area contributed by atoms with Crippen molar-refractivity contribution in [3.8, 4) is 11.1 Å². The number of carboxylic acid groups (broad SMARTS) is 1. The summed E-state index contributed by atoms with van der Waals surface area (Å²) in [7, 11) is 2.54. The second-order valence-electron chi connectivity index (χ2n) is 11.2. The van der Waals surface area contributed by atoms with Crippen LogP contribution in [0.4, 0.5) is 10.5 Å². The van der Waals surface area contributed by atoms with E-state index in [1.165, 1.54) is 6.92 Å². The number of ether oxygens (including phenoxy) is 1. The molecule has 0 unspecified atom stereocenters. The lowest BCUT2D eigenvalue weighted by molar-refractivity contribution is -0.148. The molecule has 0 saturated carbocycles. The van der Waals surface area contributed by atoms with Crippen LogP contribution in [0.3, 0.4) is 0 Å². The number of hydrogen-bond acceptors (Lipinski definition) is 5. The van der Waals surface area contributed by atoms with Crippen LogP contribution in [-0.4, -0.2) is 68.0 Å². The molecule has 1 amide bonds. The number of hydrogen-bond donors (Lipinski definition) is 2. The number of β-amino-alcohol motifs (C(OH)–C–C–N with tert-alkyl or cyclic N) is 1. The Morgan fingerprint density at radius 2 is 1.81 bits per heavy atom. The molecule has 2 aromatic carbocycles. The molecule has 2 atom stereocenters. The highest BCUT2D eigenvalue weighted by Crippen LogP contribution is 2.43. The number of likely N-dealkylation sites (tertiary alicyclic amines) is 1. The van der Waals surface area contributed by atoms with E-state index in [1.54, 1.807) is 12.1 Å². The molecule has 2 aromatic rings. The van der Waals surface area contributed by atoms with Crippen LogP contribution in [-0.2, 0) is 15.1 Å². The number of benzene rings is 2. The summed E-state index contributed by atoms with van der Waals surface area (Å²) in [6.45, 7) is 12.0. The minimum absolute atomic E-state index is 0.132. The van der Waals surface area contributed by atoms with Crippen LogP contribution in [0.25, 0.3) is 17.2 Å². The molecular weight excluding hydrogens is 472 g/mol. The number of aliphatic carboxylic acids is 1. The van der Waals surface area contributed by atoms with Gasteiger partial charge in [-0.05, 0) is 47.4 Å². The van der Waals surface area contributed by atoms with Gasteiger partial charge in [-0.2, -0.15) is 0 Å². The number of carbonyl (C=O) groups excluding carboxylic acids is 1. The zero-order valence-corrected chi connectivity index (χ0v) is 23.2. The molecule has 1 aliphatic heterocycles. The van der Waals surface area contributed by atoms with Gasteiger partial charge in [0.1, 0.15) is 11.1 Å². The van der Waals surface area contributed by atoms with E-state index in [2.05, 4.69) is 32.3 Å². The zero-order chi connectivity index (χ0) is 26.9. The number of aliphatic hydroxyl groups is 1. The van der Waals surface area contributed by atoms with Crippen LogP contribution >= 0.6 is 0 Å². The molecular formula is C28H38N2O5Si. The Balaban J connectivity index is 1.86. The molecule has 2 N–H and O–H groups in total. The fourth-order valence-corrected chi connectivity index (χ4v) is 5.26. The van der Waals surface area contributed by atoms with Crippen molar-refractivity contribution >= 4 is 31.9 Å². The highest BCUT2D eigenvalue weighted by Gasteiger charge is 2.57. The van der Waals surface area contributed by atoms with Gasteiger partial charge in [0.25, 0.3) is 0 Å². The third-order valence-corrected chi connectivity index (χ3v) is 8.62. The fourth-order valence-electron chi connectivity index (χ4n) is 4.55. The summed E-state index contributed by atoms with van der Waals surface area (Å²) in [5, 5.41) is 21.5. The van der Waals surface area contributed by atoms with E-state index in [-0.39, 0.29) is 19.6 Å². The predicted octanol–water partition coefficient (Wildman–Crippen LogP) is 5.27. The Hall–Kier alpha value is -3.10. The van der Waals surface area contributed by atoms with Crippen LogP contribution in [0, 0.1) is 0 Å². The summed E-state index contributed by atoms with van der Waals surface area (Å²) in [5.41, 5.74) is 1.46. The van der Waals surface area contributed by atoms with Crippen LogP contribution in [0.2, 0.25) is 25.7 Å². The van der Waals surface area contributed by atoms with Gasteiger partial charge in [0, 0.05) is 34.3 Å². The Morgan fingerprint density at radius 1 is 1.17 bits per heavy atom. The summed E-state index contributed by atoms with van der Waals surface area (Å²) < 4.78 is 5.44. The van der Waals surface area contributed by atoms with Gasteiger partial charge in [-0.25, -0.2) is 9.59 Å². The maximum absolute atomic E-state index is 12.9. The highest BCUT2D eigenvalue weighted by atomic mass is 28.3. The van der Waals surface area contributed by atoms with Crippen LogP contribution < -0.4 is 4.90 Å². The molecule has 0 radical (unpaired) electrons. The number of amides is 1. The van der Waals surface area contributed by atoms with Crippen LogP contribution in [0.15, 0.2) is 49.0 Å². The largest absolute Gasteiger partial charge is 0.480 e. The smallest absolute Gasteiger partial charge is 0.410 e. The predicted molar refractivity (Wildman–Crippen MR) is 147 cm³/mol. The Labute approximate surface area is 215 Å². The van der Waals surface area contributed by atoms with Crippen molar-refractivity contribution in [2.75, 3.05) is 32.1 Å². The van der Waals surface area contributed by atoms with E-state index >= 15 is 0 Å². The summed E-state index contributed by atoms with van der Waals surface area (Å²) in [5.74, 6) is -1.17. The first-order chi connectivity index (χ1) is 16.7. The van der Waals surface area contributed by atoms with Crippen LogP contribution in [0.5, 0.6) is 0 Å². The van der Waals surface area contributed by atoms with Gasteiger partial charge in [0.05, 0.1) is 13.2 Å². The van der Waals surface area contributed by atoms with Gasteiger partial charge >= 0.3 is 12.1 Å². The van der Waals surface area contributed by atoms with E-state index in [0.29, 0.717) is 5.56 Å². The third-order valence-electron chi connectivity index (χ3n) is 6.92. The number of carbonyl (C=O) groups is 2. The first-order valence-corrected chi connectivity index (χ1v) is 15.9.